The van der Waals surface area contributed by atoms with Crippen LogP contribution in [0, 0.1) is 0 Å². The van der Waals surface area contributed by atoms with Crippen molar-refractivity contribution in [3.63, 3.8) is 0 Å². The lowest BCUT2D eigenvalue weighted by Crippen LogP contribution is -2.20. The molecule has 0 N–H and O–H groups in total. The molecule has 0 aliphatic heterocycles. The first-order chi connectivity index (χ1) is 7.24. The van der Waals surface area contributed by atoms with E-state index in [1.54, 1.807) is 6.08 Å². The Hall–Kier alpha value is -1.13. The molecule has 1 unspecified atom stereocenters. The minimum absolute atomic E-state index is 0.160. The topological polar surface area (TPSA) is 44.8 Å². The van der Waals surface area contributed by atoms with Crippen LogP contribution in [-0.4, -0.2) is 38.5 Å². The van der Waals surface area contributed by atoms with Crippen LogP contribution < -0.4 is 0 Å². The highest BCUT2D eigenvalue weighted by molar-refractivity contribution is 5.81. The van der Waals surface area contributed by atoms with Gasteiger partial charge in [0.05, 0.1) is 19.3 Å². The van der Waals surface area contributed by atoms with Crippen LogP contribution in [0.3, 0.4) is 0 Å². The summed E-state index contributed by atoms with van der Waals surface area (Å²) in [5.74, 6) is -0.446. The molecule has 86 valence electrons. The smallest absolute Gasteiger partial charge is 0.330 e. The van der Waals surface area contributed by atoms with Gasteiger partial charge >= 0.3 is 5.97 Å². The third kappa shape index (κ3) is 7.90. The Morgan fingerprint density at radius 1 is 1.40 bits per heavy atom. The van der Waals surface area contributed by atoms with E-state index in [4.69, 9.17) is 14.2 Å². The summed E-state index contributed by atoms with van der Waals surface area (Å²) >= 11 is 0. The molecule has 0 aromatic heterocycles. The predicted molar refractivity (Wildman–Crippen MR) is 57.6 cm³/mol. The Morgan fingerprint density at radius 3 is 2.67 bits per heavy atom. The molecule has 0 spiro atoms. The molecule has 0 aromatic carbocycles. The van der Waals surface area contributed by atoms with E-state index in [9.17, 15) is 4.79 Å². The average Bonchev–Trinajstić information content (AvgIpc) is 2.27. The summed E-state index contributed by atoms with van der Waals surface area (Å²) < 4.78 is 15.2. The Bertz CT molecular complexity index is 201. The van der Waals surface area contributed by atoms with E-state index in [1.165, 1.54) is 0 Å². The van der Waals surface area contributed by atoms with Gasteiger partial charge in [-0.25, -0.2) is 4.79 Å². The summed E-state index contributed by atoms with van der Waals surface area (Å²) in [7, 11) is 0. The molecule has 0 rings (SSSR count). The van der Waals surface area contributed by atoms with Gasteiger partial charge in [0, 0.05) is 12.7 Å². The monoisotopic (exact) mass is 214 g/mol. The van der Waals surface area contributed by atoms with Crippen molar-refractivity contribution in [3.05, 3.63) is 25.3 Å². The Morgan fingerprint density at radius 2 is 2.13 bits per heavy atom. The molecule has 0 amide bonds. The van der Waals surface area contributed by atoms with Crippen LogP contribution in [0.4, 0.5) is 0 Å². The van der Waals surface area contributed by atoms with Crippen molar-refractivity contribution in [1.82, 2.24) is 0 Å². The van der Waals surface area contributed by atoms with E-state index in [2.05, 4.69) is 13.2 Å². The van der Waals surface area contributed by atoms with Crippen LogP contribution in [0.2, 0.25) is 0 Å². The average molecular weight is 214 g/mol. The predicted octanol–water partition coefficient (Wildman–Crippen LogP) is 1.32. The second kappa shape index (κ2) is 9.43. The fraction of sp³-hybridized carbons (Fsp3) is 0.545. The second-order valence-corrected chi connectivity index (χ2v) is 2.68. The lowest BCUT2D eigenvalue weighted by atomic mass is 10.4. The van der Waals surface area contributed by atoms with E-state index in [0.717, 1.165) is 6.08 Å². The van der Waals surface area contributed by atoms with Gasteiger partial charge in [0.25, 0.3) is 0 Å². The molecule has 0 aliphatic rings. The van der Waals surface area contributed by atoms with Crippen molar-refractivity contribution in [2.45, 2.75) is 13.0 Å². The fourth-order valence-corrected chi connectivity index (χ4v) is 0.819. The van der Waals surface area contributed by atoms with Crippen molar-refractivity contribution in [2.24, 2.45) is 0 Å². The molecule has 0 radical (unpaired) electrons. The molecule has 0 fully saturated rings. The normalized spacial score (nSPS) is 11.8. The summed E-state index contributed by atoms with van der Waals surface area (Å²) in [4.78, 5) is 10.7. The zero-order valence-electron chi connectivity index (χ0n) is 9.11. The minimum Gasteiger partial charge on any atom is -0.460 e. The van der Waals surface area contributed by atoms with Crippen molar-refractivity contribution >= 4 is 5.97 Å². The summed E-state index contributed by atoms with van der Waals surface area (Å²) in [6.07, 6.45) is 2.61. The molecule has 15 heavy (non-hydrogen) atoms. The van der Waals surface area contributed by atoms with E-state index < -0.39 is 5.97 Å². The Kier molecular flexibility index (Phi) is 8.72. The molecule has 0 saturated carbocycles. The van der Waals surface area contributed by atoms with Gasteiger partial charge in [-0.15, -0.1) is 6.58 Å². The molecule has 0 bridgehead atoms. The molecule has 0 aromatic rings. The van der Waals surface area contributed by atoms with Gasteiger partial charge in [-0.05, 0) is 6.92 Å². The van der Waals surface area contributed by atoms with Crippen LogP contribution in [0.5, 0.6) is 0 Å². The van der Waals surface area contributed by atoms with Crippen molar-refractivity contribution in [1.29, 1.82) is 0 Å². The number of carbonyl (C=O) groups is 1. The van der Waals surface area contributed by atoms with Crippen molar-refractivity contribution in [3.8, 4) is 0 Å². The molecule has 4 nitrogen and oxygen atoms in total. The highest BCUT2D eigenvalue weighted by Crippen LogP contribution is 1.95. The van der Waals surface area contributed by atoms with Crippen LogP contribution in [0.1, 0.15) is 6.92 Å². The highest BCUT2D eigenvalue weighted by Gasteiger charge is 2.04. The van der Waals surface area contributed by atoms with Crippen molar-refractivity contribution in [2.75, 3.05) is 26.4 Å². The van der Waals surface area contributed by atoms with Crippen LogP contribution >= 0.6 is 0 Å². The fourth-order valence-electron chi connectivity index (χ4n) is 0.819. The zero-order valence-corrected chi connectivity index (χ0v) is 9.11. The largest absolute Gasteiger partial charge is 0.460 e. The minimum atomic E-state index is -0.446. The lowest BCUT2D eigenvalue weighted by molar-refractivity contribution is -0.139. The first-order valence-corrected chi connectivity index (χ1v) is 4.85. The van der Waals surface area contributed by atoms with E-state index >= 15 is 0 Å². The van der Waals surface area contributed by atoms with Gasteiger partial charge < -0.3 is 14.2 Å². The first kappa shape index (κ1) is 13.9. The summed E-state index contributed by atoms with van der Waals surface area (Å²) in [6, 6.07) is 0. The van der Waals surface area contributed by atoms with Gasteiger partial charge in [0.1, 0.15) is 6.61 Å². The van der Waals surface area contributed by atoms with E-state index in [0.29, 0.717) is 19.8 Å². The third-order valence-corrected chi connectivity index (χ3v) is 1.58. The Balaban J connectivity index is 3.49. The molecule has 0 heterocycles. The molecular formula is C11H18O4. The molecule has 4 heteroatoms. The van der Waals surface area contributed by atoms with Gasteiger partial charge in [-0.2, -0.15) is 0 Å². The maximum atomic E-state index is 10.7. The summed E-state index contributed by atoms with van der Waals surface area (Å²) in [6.45, 7) is 10.4. The van der Waals surface area contributed by atoms with E-state index in [1.807, 2.05) is 6.92 Å². The van der Waals surface area contributed by atoms with Crippen molar-refractivity contribution < 1.29 is 19.0 Å². The third-order valence-electron chi connectivity index (χ3n) is 1.58. The lowest BCUT2D eigenvalue weighted by Gasteiger charge is -2.13. The first-order valence-electron chi connectivity index (χ1n) is 4.85. The number of rotatable bonds is 9. The maximum Gasteiger partial charge on any atom is 0.330 e. The van der Waals surface area contributed by atoms with E-state index in [-0.39, 0.29) is 12.7 Å². The molecular weight excluding hydrogens is 196 g/mol. The molecule has 1 atom stereocenters. The van der Waals surface area contributed by atoms with Gasteiger partial charge in [0.15, 0.2) is 0 Å². The number of carbonyl (C=O) groups excluding carboxylic acids is 1. The number of hydrogen-bond acceptors (Lipinski definition) is 4. The number of hydrogen-bond donors (Lipinski definition) is 0. The van der Waals surface area contributed by atoms with Gasteiger partial charge in [0.2, 0.25) is 0 Å². The summed E-state index contributed by atoms with van der Waals surface area (Å²) in [5, 5.41) is 0. The summed E-state index contributed by atoms with van der Waals surface area (Å²) in [5.41, 5.74) is 0. The second-order valence-electron chi connectivity index (χ2n) is 2.68. The van der Waals surface area contributed by atoms with Gasteiger partial charge in [-0.3, -0.25) is 0 Å². The molecule has 0 aliphatic carbocycles. The molecule has 0 saturated heterocycles. The van der Waals surface area contributed by atoms with Gasteiger partial charge in [-0.1, -0.05) is 12.7 Å². The zero-order chi connectivity index (χ0) is 11.5. The number of esters is 1. The standard InChI is InChI=1S/C11H18O4/c1-4-10(9-13-6-3)14-7-8-15-11(12)5-2/h4-5,10H,1-2,6-9H2,3H3. The maximum absolute atomic E-state index is 10.7. The van der Waals surface area contributed by atoms with Crippen LogP contribution in [0.15, 0.2) is 25.3 Å². The number of ether oxygens (including phenoxy) is 3. The quantitative estimate of drug-likeness (QED) is 0.251. The Labute approximate surface area is 90.5 Å². The van der Waals surface area contributed by atoms with Crippen LogP contribution in [0.25, 0.3) is 0 Å². The van der Waals surface area contributed by atoms with Crippen LogP contribution in [-0.2, 0) is 19.0 Å². The SMILES string of the molecule is C=CC(=O)OCCOC(C=C)COCC. The highest BCUT2D eigenvalue weighted by atomic mass is 16.6.